The fourth-order valence-corrected chi connectivity index (χ4v) is 2.95. The lowest BCUT2D eigenvalue weighted by atomic mass is 9.80. The Morgan fingerprint density at radius 1 is 0.808 bits per heavy atom. The SMILES string of the molecule is CC1(C)OB(Cc2ccccc2F)OC1(C)C.Fc1ccccc1CBr. The van der Waals surface area contributed by atoms with Crippen LogP contribution in [0, 0.1) is 11.6 Å². The summed E-state index contributed by atoms with van der Waals surface area (Å²) in [6.45, 7) is 7.98. The van der Waals surface area contributed by atoms with Gasteiger partial charge in [0.25, 0.3) is 0 Å². The summed E-state index contributed by atoms with van der Waals surface area (Å²) in [5.74, 6) is -0.350. The third-order valence-electron chi connectivity index (χ3n) is 4.75. The largest absolute Gasteiger partial charge is 0.462 e. The molecule has 0 saturated carbocycles. The van der Waals surface area contributed by atoms with Crippen LogP contribution in [0.4, 0.5) is 8.78 Å². The van der Waals surface area contributed by atoms with Crippen molar-refractivity contribution in [2.45, 2.75) is 50.5 Å². The fraction of sp³-hybridized carbons (Fsp3) is 0.400. The molecule has 6 heteroatoms. The molecule has 0 spiro atoms. The highest BCUT2D eigenvalue weighted by atomic mass is 79.9. The minimum absolute atomic E-state index is 0.144. The molecule has 0 aromatic heterocycles. The predicted octanol–water partition coefficient (Wildman–Crippen LogP) is 5.72. The molecule has 0 radical (unpaired) electrons. The molecule has 1 fully saturated rings. The fourth-order valence-electron chi connectivity index (χ4n) is 2.50. The molecule has 2 nitrogen and oxygen atoms in total. The minimum Gasteiger partial charge on any atom is -0.403 e. The number of benzene rings is 2. The zero-order valence-corrected chi connectivity index (χ0v) is 17.1. The van der Waals surface area contributed by atoms with Crippen molar-refractivity contribution < 1.29 is 18.1 Å². The first-order chi connectivity index (χ1) is 12.2. The molecular weight excluding hydrogens is 401 g/mol. The Hall–Kier alpha value is -1.24. The normalized spacial score (nSPS) is 17.6. The zero-order valence-electron chi connectivity index (χ0n) is 15.6. The monoisotopic (exact) mass is 424 g/mol. The maximum Gasteiger partial charge on any atom is 0.462 e. The topological polar surface area (TPSA) is 18.5 Å². The van der Waals surface area contributed by atoms with E-state index in [2.05, 4.69) is 15.9 Å². The van der Waals surface area contributed by atoms with Gasteiger partial charge in [-0.1, -0.05) is 52.3 Å². The summed E-state index contributed by atoms with van der Waals surface area (Å²) in [5.41, 5.74) is 0.620. The Morgan fingerprint density at radius 3 is 1.62 bits per heavy atom. The molecule has 2 aromatic rings. The van der Waals surface area contributed by atoms with Gasteiger partial charge in [0.2, 0.25) is 0 Å². The first kappa shape index (κ1) is 21.1. The lowest BCUT2D eigenvalue weighted by molar-refractivity contribution is 0.00578. The smallest absolute Gasteiger partial charge is 0.403 e. The highest BCUT2D eigenvalue weighted by molar-refractivity contribution is 9.08. The molecule has 0 bridgehead atoms. The molecule has 0 amide bonds. The Morgan fingerprint density at radius 2 is 1.23 bits per heavy atom. The van der Waals surface area contributed by atoms with Gasteiger partial charge in [-0.2, -0.15) is 0 Å². The molecular formula is C20H24BBrF2O2. The van der Waals surface area contributed by atoms with Gasteiger partial charge in [-0.25, -0.2) is 8.78 Å². The van der Waals surface area contributed by atoms with E-state index in [0.29, 0.717) is 22.8 Å². The van der Waals surface area contributed by atoms with Crippen LogP contribution in [-0.2, 0) is 21.0 Å². The standard InChI is InChI=1S/C13H18BFO2.C7H6BrF/c1-12(2)13(3,4)17-14(16-12)9-10-7-5-6-8-11(10)15;8-5-6-3-1-2-4-7(6)9/h5-8H,9H2,1-4H3;1-4H,5H2. The van der Waals surface area contributed by atoms with E-state index in [1.54, 1.807) is 24.3 Å². The van der Waals surface area contributed by atoms with E-state index in [0.717, 1.165) is 0 Å². The van der Waals surface area contributed by atoms with Gasteiger partial charge in [-0.05, 0) is 51.0 Å². The maximum atomic E-state index is 13.5. The lowest BCUT2D eigenvalue weighted by Gasteiger charge is -2.32. The number of halogens is 3. The zero-order chi connectivity index (χ0) is 19.4. The van der Waals surface area contributed by atoms with Crippen LogP contribution in [0.1, 0.15) is 38.8 Å². The molecule has 0 atom stereocenters. The van der Waals surface area contributed by atoms with Crippen molar-refractivity contribution in [1.29, 1.82) is 0 Å². The van der Waals surface area contributed by atoms with Gasteiger partial charge in [-0.3, -0.25) is 0 Å². The van der Waals surface area contributed by atoms with Crippen molar-refractivity contribution in [3.63, 3.8) is 0 Å². The first-order valence-electron chi connectivity index (χ1n) is 8.54. The van der Waals surface area contributed by atoms with Crippen molar-refractivity contribution in [2.75, 3.05) is 0 Å². The van der Waals surface area contributed by atoms with Crippen LogP contribution in [-0.4, -0.2) is 18.3 Å². The van der Waals surface area contributed by atoms with Gasteiger partial charge < -0.3 is 9.31 Å². The van der Waals surface area contributed by atoms with Gasteiger partial charge in [0.1, 0.15) is 11.6 Å². The van der Waals surface area contributed by atoms with Crippen molar-refractivity contribution in [2.24, 2.45) is 0 Å². The number of hydrogen-bond donors (Lipinski definition) is 0. The average molecular weight is 425 g/mol. The number of hydrogen-bond acceptors (Lipinski definition) is 2. The van der Waals surface area contributed by atoms with E-state index in [9.17, 15) is 8.78 Å². The highest BCUT2D eigenvalue weighted by Gasteiger charge is 2.50. The molecule has 3 rings (SSSR count). The third kappa shape index (κ3) is 5.15. The summed E-state index contributed by atoms with van der Waals surface area (Å²) in [5, 5.41) is 0.583. The second-order valence-electron chi connectivity index (χ2n) is 7.21. The number of alkyl halides is 1. The summed E-state index contributed by atoms with van der Waals surface area (Å²) < 4.78 is 37.7. The van der Waals surface area contributed by atoms with Crippen LogP contribution in [0.5, 0.6) is 0 Å². The molecule has 1 heterocycles. The molecule has 1 aliphatic rings. The van der Waals surface area contributed by atoms with E-state index >= 15 is 0 Å². The van der Waals surface area contributed by atoms with Crippen LogP contribution >= 0.6 is 15.9 Å². The summed E-state index contributed by atoms with van der Waals surface area (Å²) in [7, 11) is -0.378. The average Bonchev–Trinajstić information content (AvgIpc) is 2.77. The van der Waals surface area contributed by atoms with Crippen LogP contribution in [0.3, 0.4) is 0 Å². The van der Waals surface area contributed by atoms with Crippen molar-refractivity contribution >= 4 is 23.0 Å². The molecule has 2 aromatic carbocycles. The Kier molecular flexibility index (Phi) is 7.00. The summed E-state index contributed by atoms with van der Waals surface area (Å²) in [6.07, 6.45) is 0.444. The second kappa shape index (κ2) is 8.64. The Bertz CT molecular complexity index is 721. The lowest BCUT2D eigenvalue weighted by Crippen LogP contribution is -2.41. The van der Waals surface area contributed by atoms with Gasteiger partial charge in [0, 0.05) is 11.7 Å². The van der Waals surface area contributed by atoms with Crippen molar-refractivity contribution in [3.8, 4) is 0 Å². The Balaban J connectivity index is 0.000000228. The van der Waals surface area contributed by atoms with E-state index in [1.165, 1.54) is 12.1 Å². The van der Waals surface area contributed by atoms with E-state index in [1.807, 2.05) is 39.8 Å². The van der Waals surface area contributed by atoms with Crippen LogP contribution in [0.25, 0.3) is 0 Å². The first-order valence-corrected chi connectivity index (χ1v) is 9.67. The highest BCUT2D eigenvalue weighted by Crippen LogP contribution is 2.37. The van der Waals surface area contributed by atoms with Crippen LogP contribution in [0.2, 0.25) is 0 Å². The molecule has 0 aliphatic carbocycles. The van der Waals surface area contributed by atoms with Gasteiger partial charge in [0.15, 0.2) is 0 Å². The van der Waals surface area contributed by atoms with Crippen molar-refractivity contribution in [1.82, 2.24) is 0 Å². The van der Waals surface area contributed by atoms with E-state index in [-0.39, 0.29) is 30.0 Å². The second-order valence-corrected chi connectivity index (χ2v) is 7.77. The maximum absolute atomic E-state index is 13.5. The van der Waals surface area contributed by atoms with Gasteiger partial charge in [-0.15, -0.1) is 0 Å². The molecule has 26 heavy (non-hydrogen) atoms. The molecule has 140 valence electrons. The van der Waals surface area contributed by atoms with Gasteiger partial charge >= 0.3 is 7.12 Å². The molecule has 0 unspecified atom stereocenters. The van der Waals surface area contributed by atoms with E-state index < -0.39 is 0 Å². The van der Waals surface area contributed by atoms with Crippen molar-refractivity contribution in [3.05, 3.63) is 71.3 Å². The third-order valence-corrected chi connectivity index (χ3v) is 5.35. The molecule has 1 aliphatic heterocycles. The minimum atomic E-state index is -0.378. The molecule has 1 saturated heterocycles. The Labute approximate surface area is 163 Å². The predicted molar refractivity (Wildman–Crippen MR) is 105 cm³/mol. The van der Waals surface area contributed by atoms with Crippen LogP contribution in [0.15, 0.2) is 48.5 Å². The summed E-state index contributed by atoms with van der Waals surface area (Å²) >= 11 is 3.17. The summed E-state index contributed by atoms with van der Waals surface area (Å²) in [4.78, 5) is 0. The summed E-state index contributed by atoms with van der Waals surface area (Å²) in [6, 6.07) is 13.4. The quantitative estimate of drug-likeness (QED) is 0.463. The molecule has 0 N–H and O–H groups in total. The number of rotatable bonds is 3. The van der Waals surface area contributed by atoms with E-state index in [4.69, 9.17) is 9.31 Å². The van der Waals surface area contributed by atoms with Gasteiger partial charge in [0.05, 0.1) is 11.2 Å². The van der Waals surface area contributed by atoms with Crippen LogP contribution < -0.4 is 0 Å².